The molecule has 30 heavy (non-hydrogen) atoms. The van der Waals surface area contributed by atoms with E-state index >= 15 is 0 Å². The molecule has 0 atom stereocenters. The number of halogens is 2. The molecule has 0 bridgehead atoms. The molecule has 1 aliphatic heterocycles. The monoisotopic (exact) mass is 532 g/mol. The van der Waals surface area contributed by atoms with Crippen LogP contribution in [0, 0.1) is 5.82 Å². The molecule has 166 valence electrons. The first-order chi connectivity index (χ1) is 14.2. The van der Waals surface area contributed by atoms with Crippen LogP contribution >= 0.6 is 24.0 Å². The molecule has 2 heterocycles. The highest BCUT2D eigenvalue weighted by Gasteiger charge is 2.10. The fourth-order valence-electron chi connectivity index (χ4n) is 3.09. The molecule has 0 aliphatic carbocycles. The van der Waals surface area contributed by atoms with Gasteiger partial charge in [-0.15, -0.1) is 24.0 Å². The van der Waals surface area contributed by atoms with E-state index < -0.39 is 0 Å². The number of furan rings is 1. The van der Waals surface area contributed by atoms with Crippen LogP contribution in [0.15, 0.2) is 46.0 Å². The number of rotatable bonds is 9. The lowest BCUT2D eigenvalue weighted by atomic mass is 10.2. The fraction of sp³-hybridized carbons (Fsp3) is 0.476. The third kappa shape index (κ3) is 8.49. The Morgan fingerprint density at radius 3 is 2.73 bits per heavy atom. The maximum Gasteiger partial charge on any atom is 0.191 e. The maximum absolute atomic E-state index is 13.7. The molecular formula is C21H30FIN4O3. The Hall–Kier alpha value is -1.85. The summed E-state index contributed by atoms with van der Waals surface area (Å²) in [6, 6.07) is 8.45. The number of aliphatic imine (C=N–C) groups is 1. The molecule has 0 saturated carbocycles. The second kappa shape index (κ2) is 13.5. The number of benzene rings is 1. The molecule has 1 fully saturated rings. The fourth-order valence-corrected chi connectivity index (χ4v) is 3.09. The first kappa shape index (κ1) is 24.4. The predicted octanol–water partition coefficient (Wildman–Crippen LogP) is 2.66. The highest BCUT2D eigenvalue weighted by Crippen LogP contribution is 2.16. The van der Waals surface area contributed by atoms with Crippen molar-refractivity contribution in [2.75, 3.05) is 53.0 Å². The third-order valence-electron chi connectivity index (χ3n) is 4.65. The Balaban J connectivity index is 0.00000320. The number of ether oxygens (including phenoxy) is 2. The van der Waals surface area contributed by atoms with E-state index in [9.17, 15) is 4.39 Å². The summed E-state index contributed by atoms with van der Waals surface area (Å²) < 4.78 is 29.6. The van der Waals surface area contributed by atoms with Crippen molar-refractivity contribution in [2.24, 2.45) is 4.99 Å². The molecule has 3 rings (SSSR count). The van der Waals surface area contributed by atoms with Gasteiger partial charge >= 0.3 is 0 Å². The Labute approximate surface area is 194 Å². The molecule has 1 aromatic heterocycles. The number of morpholine rings is 1. The number of nitrogens with zero attached hydrogens (tertiary/aromatic N) is 2. The Kier molecular flexibility index (Phi) is 11.0. The summed E-state index contributed by atoms with van der Waals surface area (Å²) in [4.78, 5) is 6.97. The van der Waals surface area contributed by atoms with Crippen LogP contribution in [-0.4, -0.2) is 63.9 Å². The number of hydrogen-bond donors (Lipinski definition) is 2. The van der Waals surface area contributed by atoms with Gasteiger partial charge in [0.1, 0.15) is 17.3 Å². The Morgan fingerprint density at radius 2 is 2.00 bits per heavy atom. The van der Waals surface area contributed by atoms with Crippen LogP contribution in [0.2, 0.25) is 0 Å². The minimum Gasteiger partial charge on any atom is -0.497 e. The van der Waals surface area contributed by atoms with E-state index in [2.05, 4.69) is 20.5 Å². The predicted molar refractivity (Wildman–Crippen MR) is 125 cm³/mol. The molecular weight excluding hydrogens is 502 g/mol. The zero-order chi connectivity index (χ0) is 20.3. The first-order valence-electron chi connectivity index (χ1n) is 9.91. The molecule has 0 amide bonds. The van der Waals surface area contributed by atoms with Gasteiger partial charge < -0.3 is 24.5 Å². The minimum absolute atomic E-state index is 0. The molecule has 2 N–H and O–H groups in total. The summed E-state index contributed by atoms with van der Waals surface area (Å²) in [7, 11) is 1.52. The second-order valence-electron chi connectivity index (χ2n) is 6.80. The first-order valence-corrected chi connectivity index (χ1v) is 9.91. The summed E-state index contributed by atoms with van der Waals surface area (Å²) in [6.45, 7) is 6.17. The minimum atomic E-state index is -0.331. The van der Waals surface area contributed by atoms with Gasteiger partial charge in [0.05, 0.1) is 33.1 Å². The van der Waals surface area contributed by atoms with Crippen molar-refractivity contribution >= 4 is 29.9 Å². The van der Waals surface area contributed by atoms with E-state index in [1.165, 1.54) is 19.2 Å². The summed E-state index contributed by atoms with van der Waals surface area (Å²) in [5.41, 5.74) is 0.752. The Morgan fingerprint density at radius 1 is 1.20 bits per heavy atom. The van der Waals surface area contributed by atoms with Crippen LogP contribution in [0.25, 0.3) is 0 Å². The van der Waals surface area contributed by atoms with Gasteiger partial charge in [-0.1, -0.05) is 0 Å². The third-order valence-corrected chi connectivity index (χ3v) is 4.65. The van der Waals surface area contributed by atoms with Gasteiger partial charge in [-0.25, -0.2) is 9.38 Å². The maximum atomic E-state index is 13.7. The van der Waals surface area contributed by atoms with Crippen molar-refractivity contribution in [3.05, 3.63) is 53.7 Å². The van der Waals surface area contributed by atoms with Crippen LogP contribution in [0.1, 0.15) is 11.3 Å². The second-order valence-corrected chi connectivity index (χ2v) is 6.80. The molecule has 9 heteroatoms. The number of nitrogens with one attached hydrogen (secondary N) is 2. The molecule has 0 spiro atoms. The lowest BCUT2D eigenvalue weighted by molar-refractivity contribution is 0.0389. The van der Waals surface area contributed by atoms with E-state index in [0.717, 1.165) is 57.1 Å². The highest BCUT2D eigenvalue weighted by molar-refractivity contribution is 14.0. The van der Waals surface area contributed by atoms with Crippen LogP contribution in [0.3, 0.4) is 0 Å². The highest BCUT2D eigenvalue weighted by atomic mass is 127. The van der Waals surface area contributed by atoms with Gasteiger partial charge in [-0.2, -0.15) is 0 Å². The standard InChI is InChI=1S/C21H29FN4O3.HI/c1-27-20-14-17(13-18(22)15-20)16-25-21(23-5-4-19-3-2-10-29-19)24-6-7-26-8-11-28-12-9-26;/h2-3,10,13-15H,4-9,11-12,16H2,1H3,(H2,23,24,25);1H. The van der Waals surface area contributed by atoms with Gasteiger partial charge in [0.15, 0.2) is 5.96 Å². The summed E-state index contributed by atoms with van der Waals surface area (Å²) in [5.74, 6) is 1.76. The molecule has 1 aromatic carbocycles. The van der Waals surface area contributed by atoms with Crippen molar-refractivity contribution in [1.82, 2.24) is 15.5 Å². The molecule has 1 saturated heterocycles. The number of hydrogen-bond acceptors (Lipinski definition) is 5. The summed E-state index contributed by atoms with van der Waals surface area (Å²) in [5, 5.41) is 6.68. The molecule has 0 radical (unpaired) electrons. The molecule has 7 nitrogen and oxygen atoms in total. The lowest BCUT2D eigenvalue weighted by Crippen LogP contribution is -2.44. The average molecular weight is 532 g/mol. The van der Waals surface area contributed by atoms with Gasteiger partial charge in [-0.05, 0) is 29.8 Å². The topological polar surface area (TPSA) is 71.3 Å². The van der Waals surface area contributed by atoms with E-state index in [1.807, 2.05) is 12.1 Å². The zero-order valence-corrected chi connectivity index (χ0v) is 19.6. The number of guanidine groups is 1. The largest absolute Gasteiger partial charge is 0.497 e. The average Bonchev–Trinajstić information content (AvgIpc) is 3.25. The zero-order valence-electron chi connectivity index (χ0n) is 17.2. The number of methoxy groups -OCH3 is 1. The van der Waals surface area contributed by atoms with Gasteiger partial charge in [0.25, 0.3) is 0 Å². The van der Waals surface area contributed by atoms with Gasteiger partial charge in [-0.3, -0.25) is 4.90 Å². The van der Waals surface area contributed by atoms with Crippen molar-refractivity contribution in [1.29, 1.82) is 0 Å². The SMILES string of the molecule is COc1cc(F)cc(CN=C(NCCc2ccco2)NCCN2CCOCC2)c1.I. The van der Waals surface area contributed by atoms with Crippen molar-refractivity contribution in [3.63, 3.8) is 0 Å². The summed E-state index contributed by atoms with van der Waals surface area (Å²) >= 11 is 0. The quantitative estimate of drug-likeness (QED) is 0.294. The molecule has 0 unspecified atom stereocenters. The normalized spacial score (nSPS) is 14.8. The molecule has 2 aromatic rings. The van der Waals surface area contributed by atoms with Gasteiger partial charge in [0.2, 0.25) is 0 Å². The van der Waals surface area contributed by atoms with Crippen LogP contribution < -0.4 is 15.4 Å². The van der Waals surface area contributed by atoms with Crippen molar-refractivity contribution in [3.8, 4) is 5.75 Å². The van der Waals surface area contributed by atoms with E-state index in [1.54, 1.807) is 12.3 Å². The van der Waals surface area contributed by atoms with E-state index in [0.29, 0.717) is 24.8 Å². The van der Waals surface area contributed by atoms with E-state index in [-0.39, 0.29) is 29.8 Å². The van der Waals surface area contributed by atoms with Crippen molar-refractivity contribution in [2.45, 2.75) is 13.0 Å². The van der Waals surface area contributed by atoms with Crippen LogP contribution in [-0.2, 0) is 17.7 Å². The summed E-state index contributed by atoms with van der Waals surface area (Å²) in [6.07, 6.45) is 2.42. The van der Waals surface area contributed by atoms with Crippen LogP contribution in [0.4, 0.5) is 4.39 Å². The Bertz CT molecular complexity index is 768. The van der Waals surface area contributed by atoms with E-state index in [4.69, 9.17) is 13.9 Å². The van der Waals surface area contributed by atoms with Crippen molar-refractivity contribution < 1.29 is 18.3 Å². The van der Waals surface area contributed by atoms with Crippen LogP contribution in [0.5, 0.6) is 5.75 Å². The van der Waals surface area contributed by atoms with Gasteiger partial charge in [0, 0.05) is 45.2 Å². The lowest BCUT2D eigenvalue weighted by Gasteiger charge is -2.26. The smallest absolute Gasteiger partial charge is 0.191 e. The molecule has 1 aliphatic rings.